The fourth-order valence-corrected chi connectivity index (χ4v) is 1.46. The van der Waals surface area contributed by atoms with Crippen molar-refractivity contribution in [1.29, 1.82) is 0 Å². The molecule has 1 rings (SSSR count). The molecule has 0 radical (unpaired) electrons. The SMILES string of the molecule is CC1OC1(CO)COC(O)C(O)(C(F)(F)F)C(F)(F)F. The molecule has 1 aliphatic heterocycles. The molecule has 3 unspecified atom stereocenters. The number of epoxide rings is 1. The maximum atomic E-state index is 12.4. The lowest BCUT2D eigenvalue weighted by molar-refractivity contribution is -0.421. The molecular weight excluding hydrogens is 302 g/mol. The minimum atomic E-state index is -6.20. The first-order valence-electron chi connectivity index (χ1n) is 5.26. The van der Waals surface area contributed by atoms with E-state index in [0.29, 0.717) is 0 Å². The van der Waals surface area contributed by atoms with E-state index in [9.17, 15) is 26.3 Å². The van der Waals surface area contributed by atoms with Gasteiger partial charge in [0, 0.05) is 0 Å². The Morgan fingerprint density at radius 2 is 1.60 bits per heavy atom. The van der Waals surface area contributed by atoms with Crippen LogP contribution in [-0.2, 0) is 9.47 Å². The minimum absolute atomic E-state index is 0.662. The molecule has 1 aliphatic rings. The van der Waals surface area contributed by atoms with Crippen LogP contribution < -0.4 is 0 Å². The highest BCUT2D eigenvalue weighted by Crippen LogP contribution is 2.46. The Labute approximate surface area is 108 Å². The van der Waals surface area contributed by atoms with Gasteiger partial charge in [-0.3, -0.25) is 0 Å². The lowest BCUT2D eigenvalue weighted by Crippen LogP contribution is -2.65. The molecule has 0 aromatic carbocycles. The van der Waals surface area contributed by atoms with E-state index in [1.165, 1.54) is 6.92 Å². The summed E-state index contributed by atoms with van der Waals surface area (Å²) in [7, 11) is 0. The van der Waals surface area contributed by atoms with Gasteiger partial charge in [-0.05, 0) is 6.92 Å². The molecule has 0 aromatic heterocycles. The highest BCUT2D eigenvalue weighted by atomic mass is 19.4. The van der Waals surface area contributed by atoms with Gasteiger partial charge in [-0.1, -0.05) is 0 Å². The number of hydrogen-bond donors (Lipinski definition) is 3. The van der Waals surface area contributed by atoms with Gasteiger partial charge in [0.2, 0.25) is 6.29 Å². The standard InChI is InChI=1S/C9H12F6O5/c1-4-6(2-16,20-4)3-19-5(17)7(18,8(10,11)12)9(13,14)15/h4-5,16-18H,2-3H2,1H3. The summed E-state index contributed by atoms with van der Waals surface area (Å²) in [5.74, 6) is 0. The summed E-state index contributed by atoms with van der Waals surface area (Å²) in [5, 5.41) is 26.6. The number of hydrogen-bond acceptors (Lipinski definition) is 5. The van der Waals surface area contributed by atoms with Crippen LogP contribution in [-0.4, -0.2) is 64.5 Å². The second-order valence-electron chi connectivity index (χ2n) is 4.41. The molecule has 1 fully saturated rings. The van der Waals surface area contributed by atoms with Crippen LogP contribution in [0.15, 0.2) is 0 Å². The highest BCUT2D eigenvalue weighted by molar-refractivity contribution is 5.01. The van der Waals surface area contributed by atoms with Crippen LogP contribution in [0.25, 0.3) is 0 Å². The molecule has 1 saturated heterocycles. The molecule has 0 bridgehead atoms. The van der Waals surface area contributed by atoms with Gasteiger partial charge in [-0.15, -0.1) is 0 Å². The quantitative estimate of drug-likeness (QED) is 0.387. The zero-order valence-electron chi connectivity index (χ0n) is 9.99. The number of ether oxygens (including phenoxy) is 2. The fraction of sp³-hybridized carbons (Fsp3) is 1.00. The van der Waals surface area contributed by atoms with E-state index in [4.69, 9.17) is 20.1 Å². The van der Waals surface area contributed by atoms with Crippen molar-refractivity contribution in [3.8, 4) is 0 Å². The third-order valence-corrected chi connectivity index (χ3v) is 3.07. The van der Waals surface area contributed by atoms with Crippen molar-refractivity contribution >= 4 is 0 Å². The number of alkyl halides is 6. The number of rotatable bonds is 5. The predicted molar refractivity (Wildman–Crippen MR) is 49.4 cm³/mol. The summed E-state index contributed by atoms with van der Waals surface area (Å²) in [4.78, 5) is 0. The fourth-order valence-electron chi connectivity index (χ4n) is 1.46. The molecule has 1 heterocycles. The van der Waals surface area contributed by atoms with E-state index in [2.05, 4.69) is 4.74 Å². The van der Waals surface area contributed by atoms with Crippen LogP contribution in [0, 0.1) is 0 Å². The van der Waals surface area contributed by atoms with E-state index in [1.807, 2.05) is 0 Å². The van der Waals surface area contributed by atoms with E-state index in [-0.39, 0.29) is 0 Å². The van der Waals surface area contributed by atoms with Crippen molar-refractivity contribution in [2.75, 3.05) is 13.2 Å². The van der Waals surface area contributed by atoms with Gasteiger partial charge in [-0.2, -0.15) is 26.3 Å². The predicted octanol–water partition coefficient (Wildman–Crippen LogP) is 0.327. The van der Waals surface area contributed by atoms with Crippen molar-refractivity contribution < 1.29 is 51.1 Å². The summed E-state index contributed by atoms with van der Waals surface area (Å²) in [5.41, 5.74) is -6.91. The Kier molecular flexibility index (Phi) is 4.34. The molecule has 0 amide bonds. The average molecular weight is 314 g/mol. The highest BCUT2D eigenvalue weighted by Gasteiger charge is 2.75. The summed E-state index contributed by atoms with van der Waals surface area (Å²) >= 11 is 0. The van der Waals surface area contributed by atoms with Gasteiger partial charge in [0.1, 0.15) is 5.60 Å². The largest absolute Gasteiger partial charge is 0.431 e. The van der Waals surface area contributed by atoms with Crippen LogP contribution in [0.1, 0.15) is 6.92 Å². The monoisotopic (exact) mass is 314 g/mol. The molecule has 3 atom stereocenters. The van der Waals surface area contributed by atoms with Crippen molar-refractivity contribution in [2.45, 2.75) is 42.9 Å². The van der Waals surface area contributed by atoms with Gasteiger partial charge in [0.05, 0.1) is 19.3 Å². The first-order valence-corrected chi connectivity index (χ1v) is 5.26. The molecule has 3 N–H and O–H groups in total. The minimum Gasteiger partial charge on any atom is -0.393 e. The van der Waals surface area contributed by atoms with Crippen molar-refractivity contribution in [1.82, 2.24) is 0 Å². The third-order valence-electron chi connectivity index (χ3n) is 3.07. The normalized spacial score (nSPS) is 29.4. The second kappa shape index (κ2) is 4.98. The van der Waals surface area contributed by atoms with Gasteiger partial charge >= 0.3 is 18.0 Å². The lowest BCUT2D eigenvalue weighted by atomic mass is 10.0. The van der Waals surface area contributed by atoms with Crippen LogP contribution in [0.2, 0.25) is 0 Å². The molecule has 20 heavy (non-hydrogen) atoms. The first kappa shape index (κ1) is 17.4. The molecule has 0 spiro atoms. The number of aliphatic hydroxyl groups is 3. The van der Waals surface area contributed by atoms with Crippen LogP contribution in [0.4, 0.5) is 26.3 Å². The first-order chi connectivity index (χ1) is 8.82. The number of halogens is 6. The average Bonchev–Trinajstić information content (AvgIpc) is 2.93. The van der Waals surface area contributed by atoms with E-state index in [1.54, 1.807) is 0 Å². The zero-order valence-corrected chi connectivity index (χ0v) is 9.99. The van der Waals surface area contributed by atoms with Crippen LogP contribution in [0.3, 0.4) is 0 Å². The van der Waals surface area contributed by atoms with Gasteiger partial charge < -0.3 is 24.8 Å². The molecule has 0 saturated carbocycles. The summed E-state index contributed by atoms with van der Waals surface area (Å²) in [6.45, 7) is -0.274. The second-order valence-corrected chi connectivity index (χ2v) is 4.41. The molecule has 11 heteroatoms. The Hall–Kier alpha value is -0.620. The van der Waals surface area contributed by atoms with Crippen molar-refractivity contribution in [3.63, 3.8) is 0 Å². The van der Waals surface area contributed by atoms with E-state index < -0.39 is 49.2 Å². The van der Waals surface area contributed by atoms with Gasteiger partial charge in [0.15, 0.2) is 0 Å². The molecule has 0 aromatic rings. The smallest absolute Gasteiger partial charge is 0.393 e. The van der Waals surface area contributed by atoms with Gasteiger partial charge in [0.25, 0.3) is 0 Å². The third kappa shape index (κ3) is 2.72. The Morgan fingerprint density at radius 1 is 1.20 bits per heavy atom. The summed E-state index contributed by atoms with van der Waals surface area (Å²) in [6.07, 6.45) is -16.7. The topological polar surface area (TPSA) is 82.5 Å². The van der Waals surface area contributed by atoms with Crippen LogP contribution in [0.5, 0.6) is 0 Å². The molecule has 120 valence electrons. The summed E-state index contributed by atoms with van der Waals surface area (Å²) in [6, 6.07) is 0. The van der Waals surface area contributed by atoms with Crippen molar-refractivity contribution in [2.24, 2.45) is 0 Å². The maximum absolute atomic E-state index is 12.4. The van der Waals surface area contributed by atoms with Crippen molar-refractivity contribution in [3.05, 3.63) is 0 Å². The lowest BCUT2D eigenvalue weighted by Gasteiger charge is -2.35. The molecular formula is C9H12F6O5. The maximum Gasteiger partial charge on any atom is 0.431 e. The van der Waals surface area contributed by atoms with E-state index >= 15 is 0 Å². The molecule has 0 aliphatic carbocycles. The van der Waals surface area contributed by atoms with Crippen LogP contribution >= 0.6 is 0 Å². The Morgan fingerprint density at radius 3 is 1.85 bits per heavy atom. The molecule has 5 nitrogen and oxygen atoms in total. The zero-order chi connectivity index (χ0) is 16.0. The van der Waals surface area contributed by atoms with Gasteiger partial charge in [-0.25, -0.2) is 0 Å². The number of aliphatic hydroxyl groups excluding tert-OH is 2. The summed E-state index contributed by atoms with van der Waals surface area (Å²) < 4.78 is 82.9. The Bertz CT molecular complexity index is 338. The van der Waals surface area contributed by atoms with E-state index in [0.717, 1.165) is 0 Å². The Balaban J connectivity index is 2.84.